The molecule has 1 aliphatic carbocycles. The maximum absolute atomic E-state index is 5.88. The highest BCUT2D eigenvalue weighted by molar-refractivity contribution is 6.19. The van der Waals surface area contributed by atoms with E-state index in [-0.39, 0.29) is 0 Å². The molecule has 0 aromatic carbocycles. The Labute approximate surface area is 81.0 Å². The van der Waals surface area contributed by atoms with Crippen molar-refractivity contribution in [1.29, 1.82) is 0 Å². The lowest BCUT2D eigenvalue weighted by molar-refractivity contribution is 0.373. The highest BCUT2D eigenvalue weighted by Crippen LogP contribution is 2.32. The number of hydrogen-bond donors (Lipinski definition) is 0. The van der Waals surface area contributed by atoms with E-state index in [9.17, 15) is 0 Å². The summed E-state index contributed by atoms with van der Waals surface area (Å²) in [5, 5.41) is 0. The van der Waals surface area contributed by atoms with Gasteiger partial charge in [-0.2, -0.15) is 0 Å². The zero-order valence-electron chi connectivity index (χ0n) is 8.31. The minimum atomic E-state index is 0.720. The third-order valence-corrected chi connectivity index (χ3v) is 3.31. The molecular weight excluding hydrogens is 168 g/mol. The van der Waals surface area contributed by atoms with Crippen LogP contribution in [0.1, 0.15) is 33.6 Å². The zero-order chi connectivity index (χ0) is 9.14. The maximum Gasteiger partial charge on any atom is 0.0436 e. The second-order valence-electron chi connectivity index (χ2n) is 4.26. The minimum absolute atomic E-state index is 0.720. The van der Waals surface area contributed by atoms with Crippen molar-refractivity contribution in [2.24, 2.45) is 17.8 Å². The van der Waals surface area contributed by atoms with Crippen LogP contribution in [-0.2, 0) is 0 Å². The Bertz CT molecular complexity index is 170. The van der Waals surface area contributed by atoms with E-state index in [1.54, 1.807) is 0 Å². The van der Waals surface area contributed by atoms with E-state index in [0.29, 0.717) is 0 Å². The van der Waals surface area contributed by atoms with Gasteiger partial charge >= 0.3 is 0 Å². The van der Waals surface area contributed by atoms with Gasteiger partial charge in [-0.3, -0.25) is 0 Å². The SMILES string of the molecule is CC(C)[C@H]1C=C(CCl)[C@H](C)CC1. The van der Waals surface area contributed by atoms with Gasteiger partial charge in [-0.15, -0.1) is 11.6 Å². The summed E-state index contributed by atoms with van der Waals surface area (Å²) < 4.78 is 0. The first kappa shape index (κ1) is 10.1. The van der Waals surface area contributed by atoms with E-state index in [0.717, 1.165) is 23.6 Å². The van der Waals surface area contributed by atoms with Gasteiger partial charge in [0, 0.05) is 5.88 Å². The van der Waals surface area contributed by atoms with Crippen molar-refractivity contribution in [1.82, 2.24) is 0 Å². The maximum atomic E-state index is 5.88. The molecular formula is C11H19Cl. The second kappa shape index (κ2) is 4.32. The van der Waals surface area contributed by atoms with Crippen LogP contribution < -0.4 is 0 Å². The van der Waals surface area contributed by atoms with Gasteiger partial charge in [0.1, 0.15) is 0 Å². The van der Waals surface area contributed by atoms with Crippen molar-refractivity contribution in [3.05, 3.63) is 11.6 Å². The average molecular weight is 187 g/mol. The molecule has 0 nitrogen and oxygen atoms in total. The molecule has 0 saturated heterocycles. The third kappa shape index (κ3) is 2.26. The first-order chi connectivity index (χ1) is 5.65. The molecule has 0 saturated carbocycles. The highest BCUT2D eigenvalue weighted by atomic mass is 35.5. The van der Waals surface area contributed by atoms with Crippen LogP contribution >= 0.6 is 11.6 Å². The Morgan fingerprint density at radius 2 is 2.17 bits per heavy atom. The van der Waals surface area contributed by atoms with Crippen molar-refractivity contribution in [2.75, 3.05) is 5.88 Å². The van der Waals surface area contributed by atoms with Crippen LogP contribution in [0.15, 0.2) is 11.6 Å². The quantitative estimate of drug-likeness (QED) is 0.454. The van der Waals surface area contributed by atoms with Gasteiger partial charge in [0.05, 0.1) is 0 Å². The Hall–Kier alpha value is 0.0300. The Kier molecular flexibility index (Phi) is 3.64. The van der Waals surface area contributed by atoms with E-state index >= 15 is 0 Å². The molecule has 0 fully saturated rings. The molecule has 0 spiro atoms. The van der Waals surface area contributed by atoms with Crippen LogP contribution in [0.5, 0.6) is 0 Å². The van der Waals surface area contributed by atoms with Crippen LogP contribution in [0, 0.1) is 17.8 Å². The smallest absolute Gasteiger partial charge is 0.0436 e. The molecule has 0 aromatic rings. The molecule has 1 aliphatic rings. The predicted octanol–water partition coefficient (Wildman–Crippen LogP) is 3.85. The first-order valence-corrected chi connectivity index (χ1v) is 5.45. The van der Waals surface area contributed by atoms with Gasteiger partial charge in [-0.05, 0) is 30.6 Å². The summed E-state index contributed by atoms with van der Waals surface area (Å²) in [6, 6.07) is 0. The van der Waals surface area contributed by atoms with Gasteiger partial charge in [0.2, 0.25) is 0 Å². The molecule has 0 amide bonds. The van der Waals surface area contributed by atoms with Crippen molar-refractivity contribution in [2.45, 2.75) is 33.6 Å². The molecule has 0 N–H and O–H groups in total. The summed E-state index contributed by atoms with van der Waals surface area (Å²) in [5.41, 5.74) is 1.46. The predicted molar refractivity (Wildman–Crippen MR) is 55.5 cm³/mol. The van der Waals surface area contributed by atoms with E-state index in [1.165, 1.54) is 18.4 Å². The van der Waals surface area contributed by atoms with Crippen molar-refractivity contribution < 1.29 is 0 Å². The molecule has 1 rings (SSSR count). The molecule has 1 heteroatoms. The largest absolute Gasteiger partial charge is 0.122 e. The summed E-state index contributed by atoms with van der Waals surface area (Å²) >= 11 is 5.88. The summed E-state index contributed by atoms with van der Waals surface area (Å²) in [4.78, 5) is 0. The van der Waals surface area contributed by atoms with Crippen LogP contribution in [0.2, 0.25) is 0 Å². The summed E-state index contributed by atoms with van der Waals surface area (Å²) in [5.74, 6) is 2.99. The molecule has 2 atom stereocenters. The van der Waals surface area contributed by atoms with E-state index in [2.05, 4.69) is 26.8 Å². The standard InChI is InChI=1S/C11H19Cl/c1-8(2)10-5-4-9(3)11(6-10)7-12/h6,8-10H,4-5,7H2,1-3H3/t9-,10-/m1/s1. The Morgan fingerprint density at radius 3 is 2.67 bits per heavy atom. The number of rotatable bonds is 2. The van der Waals surface area contributed by atoms with Gasteiger partial charge in [-0.25, -0.2) is 0 Å². The van der Waals surface area contributed by atoms with E-state index in [1.807, 2.05) is 0 Å². The van der Waals surface area contributed by atoms with Crippen LogP contribution in [-0.4, -0.2) is 5.88 Å². The van der Waals surface area contributed by atoms with Gasteiger partial charge in [-0.1, -0.05) is 32.4 Å². The van der Waals surface area contributed by atoms with Crippen molar-refractivity contribution in [3.8, 4) is 0 Å². The number of halogens is 1. The Morgan fingerprint density at radius 1 is 1.50 bits per heavy atom. The molecule has 12 heavy (non-hydrogen) atoms. The molecule has 0 aromatic heterocycles. The van der Waals surface area contributed by atoms with Crippen molar-refractivity contribution in [3.63, 3.8) is 0 Å². The normalized spacial score (nSPS) is 30.6. The van der Waals surface area contributed by atoms with Crippen LogP contribution in [0.4, 0.5) is 0 Å². The minimum Gasteiger partial charge on any atom is -0.122 e. The lowest BCUT2D eigenvalue weighted by Gasteiger charge is -2.27. The Balaban J connectivity index is 2.66. The molecule has 0 heterocycles. The van der Waals surface area contributed by atoms with Crippen LogP contribution in [0.25, 0.3) is 0 Å². The molecule has 70 valence electrons. The van der Waals surface area contributed by atoms with Gasteiger partial charge in [0.25, 0.3) is 0 Å². The molecule has 0 bridgehead atoms. The molecule has 0 unspecified atom stereocenters. The number of hydrogen-bond acceptors (Lipinski definition) is 0. The van der Waals surface area contributed by atoms with Crippen LogP contribution in [0.3, 0.4) is 0 Å². The lowest BCUT2D eigenvalue weighted by atomic mass is 9.79. The third-order valence-electron chi connectivity index (χ3n) is 3.00. The summed E-state index contributed by atoms with van der Waals surface area (Å²) in [6.45, 7) is 6.87. The fourth-order valence-corrected chi connectivity index (χ4v) is 2.20. The summed E-state index contributed by atoms with van der Waals surface area (Å²) in [6.07, 6.45) is 5.08. The lowest BCUT2D eigenvalue weighted by Crippen LogP contribution is -2.16. The van der Waals surface area contributed by atoms with E-state index < -0.39 is 0 Å². The van der Waals surface area contributed by atoms with Crippen molar-refractivity contribution >= 4 is 11.6 Å². The summed E-state index contributed by atoms with van der Waals surface area (Å²) in [7, 11) is 0. The zero-order valence-corrected chi connectivity index (χ0v) is 9.06. The fraction of sp³-hybridized carbons (Fsp3) is 0.818. The first-order valence-electron chi connectivity index (χ1n) is 4.91. The topological polar surface area (TPSA) is 0 Å². The highest BCUT2D eigenvalue weighted by Gasteiger charge is 2.20. The molecule has 0 radical (unpaired) electrons. The average Bonchev–Trinajstić information content (AvgIpc) is 2.05. The van der Waals surface area contributed by atoms with E-state index in [4.69, 9.17) is 11.6 Å². The molecule has 0 aliphatic heterocycles. The number of allylic oxidation sites excluding steroid dienone is 2. The monoisotopic (exact) mass is 186 g/mol. The number of alkyl halides is 1. The fourth-order valence-electron chi connectivity index (χ4n) is 1.85. The van der Waals surface area contributed by atoms with Gasteiger partial charge in [0.15, 0.2) is 0 Å². The van der Waals surface area contributed by atoms with Gasteiger partial charge < -0.3 is 0 Å². The second-order valence-corrected chi connectivity index (χ2v) is 4.53.